The van der Waals surface area contributed by atoms with Crippen LogP contribution in [0.25, 0.3) is 0 Å². The number of rotatable bonds is 8. The Morgan fingerprint density at radius 2 is 2.00 bits per heavy atom. The average Bonchev–Trinajstić information content (AvgIpc) is 2.14. The molecular weight excluding hydrogens is 202 g/mol. The van der Waals surface area contributed by atoms with E-state index in [1.54, 1.807) is 0 Å². The fourth-order valence-corrected chi connectivity index (χ4v) is 1.97. The zero-order chi connectivity index (χ0) is 11.0. The van der Waals surface area contributed by atoms with Crippen LogP contribution in [0.3, 0.4) is 0 Å². The van der Waals surface area contributed by atoms with Crippen LogP contribution in [0.5, 0.6) is 0 Å². The molecular formula is C9H21NO3S. The van der Waals surface area contributed by atoms with E-state index < -0.39 is 9.84 Å². The topological polar surface area (TPSA) is 55.4 Å². The first-order valence-corrected chi connectivity index (χ1v) is 6.76. The Morgan fingerprint density at radius 1 is 1.36 bits per heavy atom. The predicted molar refractivity (Wildman–Crippen MR) is 58.3 cm³/mol. The van der Waals surface area contributed by atoms with Gasteiger partial charge in [0.15, 0.2) is 9.84 Å². The lowest BCUT2D eigenvalue weighted by Crippen LogP contribution is -2.31. The molecule has 0 radical (unpaired) electrons. The second-order valence-electron chi connectivity index (χ2n) is 3.41. The molecule has 0 aliphatic carbocycles. The van der Waals surface area contributed by atoms with Crippen molar-refractivity contribution in [3.05, 3.63) is 0 Å². The summed E-state index contributed by atoms with van der Waals surface area (Å²) in [7, 11) is -1.43. The van der Waals surface area contributed by atoms with Gasteiger partial charge in [-0.1, -0.05) is 6.92 Å². The van der Waals surface area contributed by atoms with Crippen LogP contribution in [0.1, 0.15) is 20.3 Å². The average molecular weight is 223 g/mol. The van der Waals surface area contributed by atoms with Gasteiger partial charge in [0.2, 0.25) is 0 Å². The van der Waals surface area contributed by atoms with Crippen LogP contribution < -0.4 is 5.32 Å². The molecule has 0 spiro atoms. The summed E-state index contributed by atoms with van der Waals surface area (Å²) in [5.74, 6) is 0.312. The first-order valence-electron chi connectivity index (χ1n) is 4.94. The summed E-state index contributed by atoms with van der Waals surface area (Å²) in [6.45, 7) is 4.92. The molecule has 0 aromatic heterocycles. The monoisotopic (exact) mass is 223 g/mol. The van der Waals surface area contributed by atoms with Crippen molar-refractivity contribution in [1.82, 2.24) is 5.32 Å². The molecule has 14 heavy (non-hydrogen) atoms. The first kappa shape index (κ1) is 13.9. The van der Waals surface area contributed by atoms with E-state index in [0.29, 0.717) is 12.6 Å². The SMILES string of the molecule is CCC(C)NCCS(=O)(=O)CCOC. The Balaban J connectivity index is 3.66. The van der Waals surface area contributed by atoms with Crippen molar-refractivity contribution in [2.45, 2.75) is 26.3 Å². The van der Waals surface area contributed by atoms with Crippen LogP contribution in [-0.2, 0) is 14.6 Å². The van der Waals surface area contributed by atoms with Gasteiger partial charge in [-0.3, -0.25) is 0 Å². The Labute approximate surface area is 86.9 Å². The van der Waals surface area contributed by atoms with E-state index in [1.807, 2.05) is 6.92 Å². The van der Waals surface area contributed by atoms with E-state index in [4.69, 9.17) is 4.74 Å². The summed E-state index contributed by atoms with van der Waals surface area (Å²) in [6, 6.07) is 0.382. The maximum Gasteiger partial charge on any atom is 0.153 e. The normalized spacial score (nSPS) is 14.2. The molecule has 0 saturated heterocycles. The molecule has 5 heteroatoms. The molecule has 0 bridgehead atoms. The summed E-state index contributed by atoms with van der Waals surface area (Å²) in [6.07, 6.45) is 1.01. The Hall–Kier alpha value is -0.130. The van der Waals surface area contributed by atoms with Crippen LogP contribution in [0.4, 0.5) is 0 Å². The molecule has 0 fully saturated rings. The molecule has 0 saturated carbocycles. The third-order valence-corrected chi connectivity index (χ3v) is 3.73. The zero-order valence-electron chi connectivity index (χ0n) is 9.25. The van der Waals surface area contributed by atoms with Crippen molar-refractivity contribution in [2.75, 3.05) is 31.8 Å². The van der Waals surface area contributed by atoms with Crippen molar-refractivity contribution in [2.24, 2.45) is 0 Å². The Kier molecular flexibility index (Phi) is 7.13. The van der Waals surface area contributed by atoms with Crippen molar-refractivity contribution in [1.29, 1.82) is 0 Å². The molecule has 0 heterocycles. The molecule has 0 aliphatic rings. The highest BCUT2D eigenvalue weighted by molar-refractivity contribution is 7.91. The number of methoxy groups -OCH3 is 1. The van der Waals surface area contributed by atoms with Crippen molar-refractivity contribution < 1.29 is 13.2 Å². The lowest BCUT2D eigenvalue weighted by Gasteiger charge is -2.10. The lowest BCUT2D eigenvalue weighted by atomic mass is 10.3. The van der Waals surface area contributed by atoms with Gasteiger partial charge < -0.3 is 10.1 Å². The van der Waals surface area contributed by atoms with Gasteiger partial charge in [-0.05, 0) is 13.3 Å². The fourth-order valence-electron chi connectivity index (χ4n) is 0.918. The zero-order valence-corrected chi connectivity index (χ0v) is 10.1. The van der Waals surface area contributed by atoms with Gasteiger partial charge in [0.25, 0.3) is 0 Å². The third kappa shape index (κ3) is 7.29. The van der Waals surface area contributed by atoms with Crippen LogP contribution in [0, 0.1) is 0 Å². The highest BCUT2D eigenvalue weighted by Gasteiger charge is 2.10. The van der Waals surface area contributed by atoms with E-state index >= 15 is 0 Å². The van der Waals surface area contributed by atoms with Gasteiger partial charge >= 0.3 is 0 Å². The van der Waals surface area contributed by atoms with Gasteiger partial charge in [0.05, 0.1) is 18.1 Å². The fraction of sp³-hybridized carbons (Fsp3) is 1.00. The molecule has 4 nitrogen and oxygen atoms in total. The predicted octanol–water partition coefficient (Wildman–Crippen LogP) is 0.436. The van der Waals surface area contributed by atoms with Crippen molar-refractivity contribution >= 4 is 9.84 Å². The molecule has 0 aliphatic heterocycles. The Morgan fingerprint density at radius 3 is 2.50 bits per heavy atom. The number of hydrogen-bond acceptors (Lipinski definition) is 4. The molecule has 0 amide bonds. The molecule has 1 atom stereocenters. The number of nitrogens with one attached hydrogen (secondary N) is 1. The van der Waals surface area contributed by atoms with Crippen LogP contribution in [-0.4, -0.2) is 46.2 Å². The molecule has 86 valence electrons. The highest BCUT2D eigenvalue weighted by Crippen LogP contribution is 1.91. The van der Waals surface area contributed by atoms with Crippen LogP contribution in [0.15, 0.2) is 0 Å². The largest absolute Gasteiger partial charge is 0.384 e. The van der Waals surface area contributed by atoms with Crippen molar-refractivity contribution in [3.63, 3.8) is 0 Å². The summed E-state index contributed by atoms with van der Waals surface area (Å²) in [4.78, 5) is 0. The number of sulfone groups is 1. The summed E-state index contributed by atoms with van der Waals surface area (Å²) >= 11 is 0. The summed E-state index contributed by atoms with van der Waals surface area (Å²) in [5, 5.41) is 3.14. The molecule has 1 unspecified atom stereocenters. The lowest BCUT2D eigenvalue weighted by molar-refractivity contribution is 0.217. The summed E-state index contributed by atoms with van der Waals surface area (Å²) < 4.78 is 27.4. The van der Waals surface area contributed by atoms with Gasteiger partial charge in [-0.15, -0.1) is 0 Å². The molecule has 0 aromatic rings. The quantitative estimate of drug-likeness (QED) is 0.648. The minimum Gasteiger partial charge on any atom is -0.384 e. The van der Waals surface area contributed by atoms with E-state index in [0.717, 1.165) is 6.42 Å². The molecule has 0 rings (SSSR count). The van der Waals surface area contributed by atoms with Gasteiger partial charge in [0, 0.05) is 19.7 Å². The van der Waals surface area contributed by atoms with Crippen molar-refractivity contribution in [3.8, 4) is 0 Å². The first-order chi connectivity index (χ1) is 6.52. The minimum atomic E-state index is -2.94. The second-order valence-corrected chi connectivity index (χ2v) is 5.71. The molecule has 0 aromatic carbocycles. The highest BCUT2D eigenvalue weighted by atomic mass is 32.2. The van der Waals surface area contributed by atoms with Gasteiger partial charge in [-0.2, -0.15) is 0 Å². The number of ether oxygens (including phenoxy) is 1. The van der Waals surface area contributed by atoms with E-state index in [2.05, 4.69) is 12.2 Å². The second kappa shape index (κ2) is 7.20. The van der Waals surface area contributed by atoms with Crippen LogP contribution >= 0.6 is 0 Å². The van der Waals surface area contributed by atoms with Gasteiger partial charge in [0.1, 0.15) is 0 Å². The maximum atomic E-state index is 11.3. The number of hydrogen-bond donors (Lipinski definition) is 1. The van der Waals surface area contributed by atoms with Gasteiger partial charge in [-0.25, -0.2) is 8.42 Å². The molecule has 1 N–H and O–H groups in total. The van der Waals surface area contributed by atoms with E-state index in [-0.39, 0.29) is 18.1 Å². The maximum absolute atomic E-state index is 11.3. The summed E-state index contributed by atoms with van der Waals surface area (Å²) in [5.41, 5.74) is 0. The van der Waals surface area contributed by atoms with E-state index in [1.165, 1.54) is 7.11 Å². The van der Waals surface area contributed by atoms with Crippen LogP contribution in [0.2, 0.25) is 0 Å². The minimum absolute atomic E-state index is 0.117. The smallest absolute Gasteiger partial charge is 0.153 e. The van der Waals surface area contributed by atoms with E-state index in [9.17, 15) is 8.42 Å². The standard InChI is InChI=1S/C9H21NO3S/c1-4-9(2)10-5-7-14(11,12)8-6-13-3/h9-10H,4-8H2,1-3H3. The third-order valence-electron chi connectivity index (χ3n) is 2.12. The Bertz CT molecular complexity index is 226.